The van der Waals surface area contributed by atoms with Gasteiger partial charge < -0.3 is 4.90 Å². The van der Waals surface area contributed by atoms with E-state index in [1.54, 1.807) is 30.3 Å². The lowest BCUT2D eigenvalue weighted by molar-refractivity contribution is 0.601. The standard InChI is InChI=1S/C20H19ClN4O2S/c21-16-6-8-18(9-7-16)28(26,27)24-17-5-3-4-15(14-17)19-10-11-20(23-22-19)25-12-1-2-13-25/h3-11,14,24H,1-2,12-13H2. The minimum Gasteiger partial charge on any atom is -0.355 e. The molecule has 3 aromatic rings. The summed E-state index contributed by atoms with van der Waals surface area (Å²) in [6.07, 6.45) is 2.36. The van der Waals surface area contributed by atoms with Crippen molar-refractivity contribution in [3.63, 3.8) is 0 Å². The molecule has 1 aliphatic heterocycles. The Bertz CT molecular complexity index is 1060. The predicted molar refractivity (Wildman–Crippen MR) is 111 cm³/mol. The van der Waals surface area contributed by atoms with Gasteiger partial charge in [-0.05, 0) is 61.4 Å². The molecule has 1 fully saturated rings. The Morgan fingerprint density at radius 3 is 2.36 bits per heavy atom. The first-order valence-corrected chi connectivity index (χ1v) is 10.8. The van der Waals surface area contributed by atoms with Crippen molar-refractivity contribution in [2.75, 3.05) is 22.7 Å². The highest BCUT2D eigenvalue weighted by Gasteiger charge is 2.16. The van der Waals surface area contributed by atoms with Crippen LogP contribution >= 0.6 is 11.6 Å². The zero-order chi connectivity index (χ0) is 19.6. The summed E-state index contributed by atoms with van der Waals surface area (Å²) in [5.41, 5.74) is 1.94. The van der Waals surface area contributed by atoms with Crippen molar-refractivity contribution in [1.82, 2.24) is 10.2 Å². The zero-order valence-electron chi connectivity index (χ0n) is 15.0. The first-order valence-electron chi connectivity index (χ1n) is 8.99. The number of hydrogen-bond donors (Lipinski definition) is 1. The third kappa shape index (κ3) is 4.10. The van der Waals surface area contributed by atoms with Crippen molar-refractivity contribution in [2.24, 2.45) is 0 Å². The minimum atomic E-state index is -3.70. The van der Waals surface area contributed by atoms with E-state index in [0.717, 1.165) is 24.5 Å². The molecule has 0 spiro atoms. The van der Waals surface area contributed by atoms with E-state index in [0.29, 0.717) is 16.4 Å². The van der Waals surface area contributed by atoms with Gasteiger partial charge in [0.2, 0.25) is 0 Å². The summed E-state index contributed by atoms with van der Waals surface area (Å²) in [6, 6.07) is 17.0. The van der Waals surface area contributed by atoms with Crippen LogP contribution in [0.4, 0.5) is 11.5 Å². The number of rotatable bonds is 5. The molecule has 0 bridgehead atoms. The molecule has 0 unspecified atom stereocenters. The van der Waals surface area contributed by atoms with Crippen LogP contribution in [0.3, 0.4) is 0 Å². The second-order valence-corrected chi connectivity index (χ2v) is 8.73. The van der Waals surface area contributed by atoms with E-state index in [-0.39, 0.29) is 4.90 Å². The Balaban J connectivity index is 1.55. The van der Waals surface area contributed by atoms with E-state index in [1.165, 1.54) is 25.0 Å². The SMILES string of the molecule is O=S(=O)(Nc1cccc(-c2ccc(N3CCCC3)nn2)c1)c1ccc(Cl)cc1. The second-order valence-electron chi connectivity index (χ2n) is 6.61. The molecule has 1 aliphatic rings. The van der Waals surface area contributed by atoms with E-state index >= 15 is 0 Å². The highest BCUT2D eigenvalue weighted by molar-refractivity contribution is 7.92. The molecule has 1 saturated heterocycles. The third-order valence-corrected chi connectivity index (χ3v) is 6.26. The summed E-state index contributed by atoms with van der Waals surface area (Å²) < 4.78 is 27.7. The van der Waals surface area contributed by atoms with Crippen LogP contribution in [0.1, 0.15) is 12.8 Å². The molecule has 8 heteroatoms. The first-order chi connectivity index (χ1) is 13.5. The molecular formula is C20H19ClN4O2S. The van der Waals surface area contributed by atoms with Crippen molar-refractivity contribution in [3.05, 3.63) is 65.7 Å². The quantitative estimate of drug-likeness (QED) is 0.677. The number of anilines is 2. The Morgan fingerprint density at radius 2 is 1.68 bits per heavy atom. The lowest BCUT2D eigenvalue weighted by Gasteiger charge is -2.15. The Labute approximate surface area is 169 Å². The van der Waals surface area contributed by atoms with Gasteiger partial charge in [-0.25, -0.2) is 8.42 Å². The molecular weight excluding hydrogens is 396 g/mol. The Kier molecular flexibility index (Phi) is 5.19. The van der Waals surface area contributed by atoms with Gasteiger partial charge >= 0.3 is 0 Å². The van der Waals surface area contributed by atoms with E-state index < -0.39 is 10.0 Å². The number of nitrogens with zero attached hydrogens (tertiary/aromatic N) is 3. The number of nitrogens with one attached hydrogen (secondary N) is 1. The molecule has 0 saturated carbocycles. The molecule has 2 heterocycles. The summed E-state index contributed by atoms with van der Waals surface area (Å²) in [6.45, 7) is 2.02. The van der Waals surface area contributed by atoms with E-state index in [9.17, 15) is 8.42 Å². The van der Waals surface area contributed by atoms with Gasteiger partial charge in [-0.3, -0.25) is 4.72 Å². The van der Waals surface area contributed by atoms with Crippen LogP contribution in [0.25, 0.3) is 11.3 Å². The van der Waals surface area contributed by atoms with Gasteiger partial charge in [0.1, 0.15) is 0 Å². The summed E-state index contributed by atoms with van der Waals surface area (Å²) >= 11 is 5.83. The van der Waals surface area contributed by atoms with Crippen LogP contribution in [0.2, 0.25) is 5.02 Å². The maximum absolute atomic E-state index is 12.6. The van der Waals surface area contributed by atoms with E-state index in [1.807, 2.05) is 18.2 Å². The summed E-state index contributed by atoms with van der Waals surface area (Å²) in [5.74, 6) is 0.876. The molecule has 6 nitrogen and oxygen atoms in total. The molecule has 4 rings (SSSR count). The predicted octanol–water partition coefficient (Wildman–Crippen LogP) is 4.20. The third-order valence-electron chi connectivity index (χ3n) is 4.62. The lowest BCUT2D eigenvalue weighted by Crippen LogP contribution is -2.19. The molecule has 1 aromatic heterocycles. The second kappa shape index (κ2) is 7.77. The van der Waals surface area contributed by atoms with Gasteiger partial charge in [-0.1, -0.05) is 23.7 Å². The summed E-state index contributed by atoms with van der Waals surface area (Å²) in [4.78, 5) is 2.37. The molecule has 0 atom stereocenters. The molecule has 2 aromatic carbocycles. The topological polar surface area (TPSA) is 75.2 Å². The maximum atomic E-state index is 12.6. The van der Waals surface area contributed by atoms with Gasteiger partial charge in [0.25, 0.3) is 10.0 Å². The highest BCUT2D eigenvalue weighted by Crippen LogP contribution is 2.25. The minimum absolute atomic E-state index is 0.150. The van der Waals surface area contributed by atoms with Crippen LogP contribution in [0, 0.1) is 0 Å². The smallest absolute Gasteiger partial charge is 0.261 e. The fraction of sp³-hybridized carbons (Fsp3) is 0.200. The Morgan fingerprint density at radius 1 is 0.929 bits per heavy atom. The zero-order valence-corrected chi connectivity index (χ0v) is 16.6. The molecule has 144 valence electrons. The number of benzene rings is 2. The average Bonchev–Trinajstić information content (AvgIpc) is 3.23. The van der Waals surface area contributed by atoms with Crippen LogP contribution in [-0.2, 0) is 10.0 Å². The molecule has 0 radical (unpaired) electrons. The van der Waals surface area contributed by atoms with Crippen LogP contribution in [0.5, 0.6) is 0 Å². The van der Waals surface area contributed by atoms with Gasteiger partial charge in [0.15, 0.2) is 5.82 Å². The lowest BCUT2D eigenvalue weighted by atomic mass is 10.1. The monoisotopic (exact) mass is 414 g/mol. The highest BCUT2D eigenvalue weighted by atomic mass is 35.5. The van der Waals surface area contributed by atoms with Crippen LogP contribution in [0.15, 0.2) is 65.6 Å². The number of aromatic nitrogens is 2. The fourth-order valence-electron chi connectivity index (χ4n) is 3.16. The van der Waals surface area contributed by atoms with Crippen LogP contribution in [-0.4, -0.2) is 31.7 Å². The van der Waals surface area contributed by atoms with E-state index in [4.69, 9.17) is 11.6 Å². The largest absolute Gasteiger partial charge is 0.355 e. The fourth-order valence-corrected chi connectivity index (χ4v) is 4.34. The molecule has 0 amide bonds. The van der Waals surface area contributed by atoms with Crippen LogP contribution < -0.4 is 9.62 Å². The van der Waals surface area contributed by atoms with Gasteiger partial charge in [-0.2, -0.15) is 0 Å². The normalized spacial score (nSPS) is 14.2. The van der Waals surface area contributed by atoms with Crippen molar-refractivity contribution in [2.45, 2.75) is 17.7 Å². The first kappa shape index (κ1) is 18.7. The van der Waals surface area contributed by atoms with Crippen molar-refractivity contribution >= 4 is 33.1 Å². The van der Waals surface area contributed by atoms with Crippen molar-refractivity contribution in [1.29, 1.82) is 0 Å². The summed E-state index contributed by atoms with van der Waals surface area (Å²) in [5, 5.41) is 9.12. The number of halogens is 1. The van der Waals surface area contributed by atoms with Crippen molar-refractivity contribution in [3.8, 4) is 11.3 Å². The van der Waals surface area contributed by atoms with Gasteiger partial charge in [0, 0.05) is 29.4 Å². The average molecular weight is 415 g/mol. The molecule has 1 N–H and O–H groups in total. The van der Waals surface area contributed by atoms with Crippen molar-refractivity contribution < 1.29 is 8.42 Å². The van der Waals surface area contributed by atoms with Gasteiger partial charge in [-0.15, -0.1) is 10.2 Å². The summed E-state index contributed by atoms with van der Waals surface area (Å²) in [7, 11) is -3.70. The Hall–Kier alpha value is -2.64. The number of sulfonamides is 1. The van der Waals surface area contributed by atoms with E-state index in [2.05, 4.69) is 19.8 Å². The molecule has 0 aliphatic carbocycles. The molecule has 28 heavy (non-hydrogen) atoms. The number of hydrogen-bond acceptors (Lipinski definition) is 5. The van der Waals surface area contributed by atoms with Gasteiger partial charge in [0.05, 0.1) is 10.6 Å². The maximum Gasteiger partial charge on any atom is 0.261 e.